The molecule has 1 fully saturated rings. The van der Waals surface area contributed by atoms with Crippen LogP contribution in [-0.2, 0) is 4.79 Å². The summed E-state index contributed by atoms with van der Waals surface area (Å²) in [6.07, 6.45) is 2.16. The highest BCUT2D eigenvalue weighted by Gasteiger charge is 2.44. The van der Waals surface area contributed by atoms with E-state index in [0.717, 1.165) is 6.42 Å². The maximum Gasteiger partial charge on any atom is 0.223 e. The van der Waals surface area contributed by atoms with Crippen LogP contribution in [0.4, 0.5) is 0 Å². The van der Waals surface area contributed by atoms with Crippen LogP contribution in [-0.4, -0.2) is 17.1 Å². The third-order valence-electron chi connectivity index (χ3n) is 5.19. The van der Waals surface area contributed by atoms with E-state index in [1.807, 2.05) is 19.1 Å². The molecule has 1 heterocycles. The quantitative estimate of drug-likeness (QED) is 0.702. The molecule has 4 atom stereocenters. The molecule has 2 aromatic carbocycles. The van der Waals surface area contributed by atoms with Gasteiger partial charge in [-0.15, -0.1) is 0 Å². The smallest absolute Gasteiger partial charge is 0.223 e. The largest absolute Gasteiger partial charge is 0.467 e. The molecule has 26 heavy (non-hydrogen) atoms. The third kappa shape index (κ3) is 3.37. The van der Waals surface area contributed by atoms with E-state index < -0.39 is 6.10 Å². The van der Waals surface area contributed by atoms with Crippen molar-refractivity contribution in [3.63, 3.8) is 0 Å². The molecule has 4 rings (SSSR count). The number of hydrogen-bond acceptors (Lipinski definition) is 3. The van der Waals surface area contributed by atoms with Gasteiger partial charge in [-0.2, -0.15) is 0 Å². The lowest BCUT2D eigenvalue weighted by molar-refractivity contribution is -0.123. The molecule has 0 spiro atoms. The molecule has 0 radical (unpaired) electrons. The third-order valence-corrected chi connectivity index (χ3v) is 5.19. The Kier molecular flexibility index (Phi) is 4.51. The van der Waals surface area contributed by atoms with Crippen molar-refractivity contribution in [3.8, 4) is 0 Å². The number of benzene rings is 2. The number of carbonyl (C=O) groups excluding carboxylic acids is 1. The summed E-state index contributed by atoms with van der Waals surface area (Å²) in [7, 11) is 0. The number of carbonyl (C=O) groups is 1. The summed E-state index contributed by atoms with van der Waals surface area (Å²) in [6, 6.07) is 18.0. The molecule has 4 heteroatoms. The van der Waals surface area contributed by atoms with Crippen LogP contribution in [0.2, 0.25) is 0 Å². The second-order valence-corrected chi connectivity index (χ2v) is 7.19. The Morgan fingerprint density at radius 2 is 2.00 bits per heavy atom. The second kappa shape index (κ2) is 6.96. The maximum atomic E-state index is 12.6. The van der Waals surface area contributed by atoms with Gasteiger partial charge in [0.15, 0.2) is 0 Å². The number of furan rings is 1. The molecule has 1 amide bonds. The minimum Gasteiger partial charge on any atom is -0.467 e. The number of amides is 1. The lowest BCUT2D eigenvalue weighted by Crippen LogP contribution is -2.35. The predicted octanol–water partition coefficient (Wildman–Crippen LogP) is 4.16. The lowest BCUT2D eigenvalue weighted by Gasteiger charge is -2.17. The Morgan fingerprint density at radius 3 is 2.81 bits per heavy atom. The zero-order valence-electron chi connectivity index (χ0n) is 14.8. The van der Waals surface area contributed by atoms with Crippen LogP contribution in [0.1, 0.15) is 43.1 Å². The van der Waals surface area contributed by atoms with E-state index in [2.05, 4.69) is 35.6 Å². The first-order valence-corrected chi connectivity index (χ1v) is 9.13. The fourth-order valence-corrected chi connectivity index (χ4v) is 3.74. The topological polar surface area (TPSA) is 62.5 Å². The Morgan fingerprint density at radius 1 is 1.19 bits per heavy atom. The van der Waals surface area contributed by atoms with Crippen LogP contribution in [0.25, 0.3) is 10.8 Å². The Hall–Kier alpha value is -2.59. The molecule has 134 valence electrons. The van der Waals surface area contributed by atoms with Gasteiger partial charge in [0.1, 0.15) is 11.9 Å². The Bertz CT molecular complexity index is 897. The molecule has 0 bridgehead atoms. The van der Waals surface area contributed by atoms with E-state index >= 15 is 0 Å². The molecule has 1 aliphatic carbocycles. The van der Waals surface area contributed by atoms with Crippen LogP contribution in [0.5, 0.6) is 0 Å². The molecule has 0 saturated heterocycles. The molecule has 1 aromatic heterocycles. The van der Waals surface area contributed by atoms with E-state index in [0.29, 0.717) is 12.2 Å². The molecular weight excluding hydrogens is 326 g/mol. The zero-order valence-corrected chi connectivity index (χ0v) is 14.8. The SMILES string of the molecule is CC(CC(O)c1ccco1)NC(=O)C1CC1c1cccc2ccccc12. The number of rotatable bonds is 6. The molecular formula is C22H23NO3. The first-order valence-electron chi connectivity index (χ1n) is 9.13. The van der Waals surface area contributed by atoms with Crippen molar-refractivity contribution in [1.82, 2.24) is 5.32 Å². The average Bonchev–Trinajstić information content (AvgIpc) is 3.24. The van der Waals surface area contributed by atoms with E-state index in [-0.39, 0.29) is 23.8 Å². The van der Waals surface area contributed by atoms with Gasteiger partial charge in [0.25, 0.3) is 0 Å². The van der Waals surface area contributed by atoms with Gasteiger partial charge in [-0.05, 0) is 47.7 Å². The molecule has 1 aliphatic rings. The molecule has 0 aliphatic heterocycles. The van der Waals surface area contributed by atoms with Gasteiger partial charge in [-0.3, -0.25) is 4.79 Å². The summed E-state index contributed by atoms with van der Waals surface area (Å²) >= 11 is 0. The van der Waals surface area contributed by atoms with Crippen LogP contribution < -0.4 is 5.32 Å². The van der Waals surface area contributed by atoms with Crippen LogP contribution in [0, 0.1) is 5.92 Å². The summed E-state index contributed by atoms with van der Waals surface area (Å²) in [6.45, 7) is 1.92. The predicted molar refractivity (Wildman–Crippen MR) is 101 cm³/mol. The van der Waals surface area contributed by atoms with Crippen molar-refractivity contribution in [3.05, 3.63) is 72.2 Å². The van der Waals surface area contributed by atoms with E-state index in [9.17, 15) is 9.90 Å². The summed E-state index contributed by atoms with van der Waals surface area (Å²) < 4.78 is 5.21. The van der Waals surface area contributed by atoms with E-state index in [1.165, 1.54) is 16.3 Å². The van der Waals surface area contributed by atoms with Gasteiger partial charge in [0.05, 0.1) is 6.26 Å². The molecule has 4 unspecified atom stereocenters. The minimum absolute atomic E-state index is 0.0176. The molecule has 2 N–H and O–H groups in total. The average molecular weight is 349 g/mol. The Labute approximate surface area is 152 Å². The number of aliphatic hydroxyl groups excluding tert-OH is 1. The lowest BCUT2D eigenvalue weighted by atomic mass is 10.00. The number of aliphatic hydroxyl groups is 1. The summed E-state index contributed by atoms with van der Waals surface area (Å²) in [4.78, 5) is 12.6. The highest BCUT2D eigenvalue weighted by Crippen LogP contribution is 2.49. The minimum atomic E-state index is -0.701. The molecule has 3 aromatic rings. The van der Waals surface area contributed by atoms with Gasteiger partial charge in [-0.1, -0.05) is 42.5 Å². The fraction of sp³-hybridized carbons (Fsp3) is 0.318. The van der Waals surface area contributed by atoms with Gasteiger partial charge in [0.2, 0.25) is 5.91 Å². The van der Waals surface area contributed by atoms with E-state index in [4.69, 9.17) is 4.42 Å². The van der Waals surface area contributed by atoms with Crippen molar-refractivity contribution in [1.29, 1.82) is 0 Å². The fourth-order valence-electron chi connectivity index (χ4n) is 3.74. The monoisotopic (exact) mass is 349 g/mol. The van der Waals surface area contributed by atoms with Gasteiger partial charge < -0.3 is 14.8 Å². The van der Waals surface area contributed by atoms with Crippen LogP contribution >= 0.6 is 0 Å². The summed E-state index contributed by atoms with van der Waals surface area (Å²) in [5.41, 5.74) is 1.26. The summed E-state index contributed by atoms with van der Waals surface area (Å²) in [5.74, 6) is 0.903. The highest BCUT2D eigenvalue weighted by atomic mass is 16.4. The number of hydrogen-bond donors (Lipinski definition) is 2. The highest BCUT2D eigenvalue weighted by molar-refractivity contribution is 5.89. The molecule has 1 saturated carbocycles. The first-order chi connectivity index (χ1) is 12.6. The number of fused-ring (bicyclic) bond motifs is 1. The maximum absolute atomic E-state index is 12.6. The van der Waals surface area contributed by atoms with Crippen LogP contribution in [0.15, 0.2) is 65.3 Å². The van der Waals surface area contributed by atoms with Crippen molar-refractivity contribution in [2.45, 2.75) is 37.8 Å². The summed E-state index contributed by atoms with van der Waals surface area (Å²) in [5, 5.41) is 15.6. The van der Waals surface area contributed by atoms with E-state index in [1.54, 1.807) is 18.4 Å². The zero-order chi connectivity index (χ0) is 18.1. The van der Waals surface area contributed by atoms with Crippen molar-refractivity contribution < 1.29 is 14.3 Å². The van der Waals surface area contributed by atoms with Gasteiger partial charge in [0, 0.05) is 18.4 Å². The molecule has 4 nitrogen and oxygen atoms in total. The standard InChI is InChI=1S/C22H23NO3/c1-14(12-20(24)21-10-5-11-26-21)23-22(25)19-13-18(19)17-9-4-7-15-6-2-3-8-16(15)17/h2-11,14,18-20,24H,12-13H2,1H3,(H,23,25). The van der Waals surface area contributed by atoms with Crippen LogP contribution in [0.3, 0.4) is 0 Å². The van der Waals surface area contributed by atoms with Gasteiger partial charge in [-0.25, -0.2) is 0 Å². The first kappa shape index (κ1) is 16.9. The van der Waals surface area contributed by atoms with Crippen molar-refractivity contribution in [2.75, 3.05) is 0 Å². The second-order valence-electron chi connectivity index (χ2n) is 7.19. The normalized spacial score (nSPS) is 21.3. The van der Waals surface area contributed by atoms with Crippen molar-refractivity contribution in [2.24, 2.45) is 5.92 Å². The Balaban J connectivity index is 1.38. The number of nitrogens with one attached hydrogen (secondary N) is 1. The van der Waals surface area contributed by atoms with Crippen molar-refractivity contribution >= 4 is 16.7 Å². The van der Waals surface area contributed by atoms with Gasteiger partial charge >= 0.3 is 0 Å².